The van der Waals surface area contributed by atoms with E-state index in [0.717, 1.165) is 57.6 Å². The number of hydrogen-bond acceptors (Lipinski definition) is 5. The van der Waals surface area contributed by atoms with Gasteiger partial charge in [0, 0.05) is 44.5 Å². The van der Waals surface area contributed by atoms with Crippen molar-refractivity contribution < 1.29 is 19.1 Å². The van der Waals surface area contributed by atoms with E-state index in [-0.39, 0.29) is 5.91 Å². The Kier molecular flexibility index (Phi) is 8.21. The number of benzene rings is 1. The lowest BCUT2D eigenvalue weighted by atomic mass is 9.97. The van der Waals surface area contributed by atoms with Gasteiger partial charge in [-0.3, -0.25) is 14.4 Å². The third-order valence-corrected chi connectivity index (χ3v) is 5.82. The van der Waals surface area contributed by atoms with E-state index in [2.05, 4.69) is 15.5 Å². The van der Waals surface area contributed by atoms with Crippen molar-refractivity contribution in [3.05, 3.63) is 24.3 Å². The van der Waals surface area contributed by atoms with Gasteiger partial charge in [-0.2, -0.15) is 0 Å². The number of piperidine rings is 2. The van der Waals surface area contributed by atoms with E-state index < -0.39 is 11.8 Å². The summed E-state index contributed by atoms with van der Waals surface area (Å²) in [6, 6.07) is 7.09. The van der Waals surface area contributed by atoms with E-state index in [0.29, 0.717) is 31.1 Å². The minimum atomic E-state index is -0.686. The largest absolute Gasteiger partial charge is 0.383 e. The first-order chi connectivity index (χ1) is 14.6. The number of ether oxygens (including phenoxy) is 1. The second-order valence-corrected chi connectivity index (χ2v) is 7.99. The Bertz CT molecular complexity index is 746. The SMILES string of the molecule is COCCN1CCC(CNC(=O)C(=O)Nc2cccc(N3CCCCC3=O)c2)CC1. The van der Waals surface area contributed by atoms with Gasteiger partial charge in [-0.15, -0.1) is 0 Å². The number of amides is 3. The molecule has 0 saturated carbocycles. The summed E-state index contributed by atoms with van der Waals surface area (Å²) in [5, 5.41) is 5.40. The van der Waals surface area contributed by atoms with Crippen LogP contribution in [0.3, 0.4) is 0 Å². The lowest BCUT2D eigenvalue weighted by molar-refractivity contribution is -0.136. The average Bonchev–Trinajstić information content (AvgIpc) is 2.77. The minimum Gasteiger partial charge on any atom is -0.383 e. The maximum absolute atomic E-state index is 12.3. The van der Waals surface area contributed by atoms with E-state index in [4.69, 9.17) is 4.74 Å². The highest BCUT2D eigenvalue weighted by Crippen LogP contribution is 2.24. The van der Waals surface area contributed by atoms with Crippen LogP contribution < -0.4 is 15.5 Å². The molecular weight excluding hydrogens is 384 g/mol. The molecule has 8 nitrogen and oxygen atoms in total. The van der Waals surface area contributed by atoms with Gasteiger partial charge in [-0.05, 0) is 62.9 Å². The van der Waals surface area contributed by atoms with Crippen LogP contribution in [-0.4, -0.2) is 69.1 Å². The molecule has 2 N–H and O–H groups in total. The molecule has 2 heterocycles. The molecule has 0 aromatic heterocycles. The van der Waals surface area contributed by atoms with Gasteiger partial charge < -0.3 is 25.2 Å². The predicted octanol–water partition coefficient (Wildman–Crippen LogP) is 1.62. The number of carbonyl (C=O) groups excluding carboxylic acids is 3. The van der Waals surface area contributed by atoms with Gasteiger partial charge in [0.05, 0.1) is 6.61 Å². The molecule has 164 valence electrons. The van der Waals surface area contributed by atoms with Crippen molar-refractivity contribution in [3.8, 4) is 0 Å². The standard InChI is InChI=1S/C22H32N4O4/c1-30-14-13-25-11-8-17(9-12-25)16-23-21(28)22(29)24-18-5-4-6-19(15-18)26-10-3-2-7-20(26)27/h4-6,15,17H,2-3,7-14,16H2,1H3,(H,23,28)(H,24,29). The van der Waals surface area contributed by atoms with Gasteiger partial charge in [0.15, 0.2) is 0 Å². The summed E-state index contributed by atoms with van der Waals surface area (Å²) in [4.78, 5) is 40.7. The monoisotopic (exact) mass is 416 g/mol. The molecule has 3 amide bonds. The van der Waals surface area contributed by atoms with E-state index in [1.165, 1.54) is 0 Å². The fourth-order valence-corrected chi connectivity index (χ4v) is 3.97. The fraction of sp³-hybridized carbons (Fsp3) is 0.591. The van der Waals surface area contributed by atoms with Gasteiger partial charge >= 0.3 is 11.8 Å². The first-order valence-electron chi connectivity index (χ1n) is 10.8. The highest BCUT2D eigenvalue weighted by atomic mass is 16.5. The van der Waals surface area contributed by atoms with Gasteiger partial charge in [-0.1, -0.05) is 6.07 Å². The van der Waals surface area contributed by atoms with E-state index in [1.54, 1.807) is 30.2 Å². The summed E-state index contributed by atoms with van der Waals surface area (Å²) in [7, 11) is 1.71. The molecule has 0 unspecified atom stereocenters. The summed E-state index contributed by atoms with van der Waals surface area (Å²) in [6.45, 7) is 4.82. The van der Waals surface area contributed by atoms with Gasteiger partial charge in [0.2, 0.25) is 5.91 Å². The zero-order valence-electron chi connectivity index (χ0n) is 17.7. The minimum absolute atomic E-state index is 0.0933. The fourth-order valence-electron chi connectivity index (χ4n) is 3.97. The van der Waals surface area contributed by atoms with Crippen LogP contribution in [-0.2, 0) is 19.1 Å². The summed E-state index contributed by atoms with van der Waals surface area (Å²) in [5.41, 5.74) is 1.26. The van der Waals surface area contributed by atoms with Crippen molar-refractivity contribution in [3.63, 3.8) is 0 Å². The Morgan fingerprint density at radius 1 is 1.13 bits per heavy atom. The molecule has 30 heavy (non-hydrogen) atoms. The van der Waals surface area contributed by atoms with Crippen LogP contribution in [0, 0.1) is 5.92 Å². The van der Waals surface area contributed by atoms with Crippen molar-refractivity contribution in [2.24, 2.45) is 5.92 Å². The topological polar surface area (TPSA) is 91.0 Å². The summed E-state index contributed by atoms with van der Waals surface area (Å²) >= 11 is 0. The molecule has 3 rings (SSSR count). The third kappa shape index (κ3) is 6.27. The highest BCUT2D eigenvalue weighted by Gasteiger charge is 2.22. The van der Waals surface area contributed by atoms with Crippen LogP contribution in [0.1, 0.15) is 32.1 Å². The van der Waals surface area contributed by atoms with Crippen LogP contribution >= 0.6 is 0 Å². The average molecular weight is 417 g/mol. The molecule has 0 atom stereocenters. The first kappa shape index (κ1) is 22.2. The van der Waals surface area contributed by atoms with Crippen LogP contribution in [0.25, 0.3) is 0 Å². The van der Waals surface area contributed by atoms with Crippen molar-refractivity contribution in [1.29, 1.82) is 0 Å². The molecule has 0 aliphatic carbocycles. The first-order valence-corrected chi connectivity index (χ1v) is 10.8. The quantitative estimate of drug-likeness (QED) is 0.659. The molecule has 8 heteroatoms. The number of likely N-dealkylation sites (tertiary alicyclic amines) is 1. The van der Waals surface area contributed by atoms with Crippen LogP contribution in [0.15, 0.2) is 24.3 Å². The molecule has 2 aliphatic rings. The number of methoxy groups -OCH3 is 1. The Morgan fingerprint density at radius 3 is 2.67 bits per heavy atom. The molecule has 0 radical (unpaired) electrons. The number of rotatable bonds is 7. The lowest BCUT2D eigenvalue weighted by Gasteiger charge is -2.31. The van der Waals surface area contributed by atoms with Crippen molar-refractivity contribution in [1.82, 2.24) is 10.2 Å². The molecule has 1 aromatic carbocycles. The summed E-state index contributed by atoms with van der Waals surface area (Å²) < 4.78 is 5.11. The number of hydrogen-bond donors (Lipinski definition) is 2. The van der Waals surface area contributed by atoms with Crippen molar-refractivity contribution >= 4 is 29.1 Å². The van der Waals surface area contributed by atoms with Crippen LogP contribution in [0.5, 0.6) is 0 Å². The Labute approximate surface area is 177 Å². The zero-order valence-corrected chi connectivity index (χ0v) is 17.7. The van der Waals surface area contributed by atoms with Gasteiger partial charge in [0.1, 0.15) is 0 Å². The van der Waals surface area contributed by atoms with Crippen LogP contribution in [0.2, 0.25) is 0 Å². The van der Waals surface area contributed by atoms with E-state index in [1.807, 2.05) is 6.07 Å². The van der Waals surface area contributed by atoms with E-state index >= 15 is 0 Å². The second kappa shape index (κ2) is 11.1. The number of anilines is 2. The second-order valence-electron chi connectivity index (χ2n) is 7.99. The third-order valence-electron chi connectivity index (χ3n) is 5.82. The van der Waals surface area contributed by atoms with E-state index in [9.17, 15) is 14.4 Å². The maximum atomic E-state index is 12.3. The number of nitrogens with zero attached hydrogens (tertiary/aromatic N) is 2. The highest BCUT2D eigenvalue weighted by molar-refractivity contribution is 6.39. The summed E-state index contributed by atoms with van der Waals surface area (Å²) in [6.07, 6.45) is 4.42. The molecule has 1 aromatic rings. The molecular formula is C22H32N4O4. The zero-order chi connectivity index (χ0) is 21.3. The number of nitrogens with one attached hydrogen (secondary N) is 2. The molecule has 2 saturated heterocycles. The van der Waals surface area contributed by atoms with Gasteiger partial charge in [0.25, 0.3) is 0 Å². The van der Waals surface area contributed by atoms with Gasteiger partial charge in [-0.25, -0.2) is 0 Å². The Morgan fingerprint density at radius 2 is 1.93 bits per heavy atom. The number of carbonyl (C=O) groups is 3. The van der Waals surface area contributed by atoms with Crippen LogP contribution in [0.4, 0.5) is 11.4 Å². The Hall–Kier alpha value is -2.45. The predicted molar refractivity (Wildman–Crippen MR) is 115 cm³/mol. The maximum Gasteiger partial charge on any atom is 0.313 e. The summed E-state index contributed by atoms with van der Waals surface area (Å²) in [5.74, 6) is -0.837. The molecule has 2 aliphatic heterocycles. The Balaban J connectivity index is 1.44. The molecule has 2 fully saturated rings. The van der Waals surface area contributed by atoms with Crippen molar-refractivity contribution in [2.45, 2.75) is 32.1 Å². The van der Waals surface area contributed by atoms with Crippen molar-refractivity contribution in [2.75, 3.05) is 56.7 Å². The lowest BCUT2D eigenvalue weighted by Crippen LogP contribution is -2.42. The molecule has 0 bridgehead atoms. The normalized spacial score (nSPS) is 18.3. The smallest absolute Gasteiger partial charge is 0.313 e. The molecule has 0 spiro atoms.